The maximum Gasteiger partial charge on any atom is 0.193 e. The van der Waals surface area contributed by atoms with Crippen LogP contribution in [0, 0.1) is 0 Å². The summed E-state index contributed by atoms with van der Waals surface area (Å²) in [7, 11) is 0. The van der Waals surface area contributed by atoms with Crippen LogP contribution in [0.3, 0.4) is 0 Å². The summed E-state index contributed by atoms with van der Waals surface area (Å²) in [6.07, 6.45) is 11.9. The van der Waals surface area contributed by atoms with Gasteiger partial charge in [-0.15, -0.1) is 0 Å². The second kappa shape index (κ2) is 20.4. The molecule has 0 saturated heterocycles. The number of carbonyl (C=O) groups excluding carboxylic acids is 2. The van der Waals surface area contributed by atoms with Crippen molar-refractivity contribution in [3.8, 4) is 34.5 Å². The summed E-state index contributed by atoms with van der Waals surface area (Å²) >= 11 is 0. The van der Waals surface area contributed by atoms with Gasteiger partial charge in [-0.05, 0) is 112 Å². The molecule has 7 aromatic rings. The van der Waals surface area contributed by atoms with Gasteiger partial charge in [-0.1, -0.05) is 121 Å². The number of allylic oxidation sites excluding steroid dienone is 3. The molecule has 7 rings (SSSR count). The fourth-order valence-electron chi connectivity index (χ4n) is 6.00. The van der Waals surface area contributed by atoms with Gasteiger partial charge >= 0.3 is 0 Å². The Balaban J connectivity index is 0.000000208. The number of para-hydroxylation sites is 3. The van der Waals surface area contributed by atoms with Crippen molar-refractivity contribution < 1.29 is 23.8 Å². The maximum absolute atomic E-state index is 13.0. The Morgan fingerprint density at radius 2 is 0.586 bits per heavy atom. The van der Waals surface area contributed by atoms with Crippen molar-refractivity contribution in [3.63, 3.8) is 0 Å². The molecule has 7 aromatic carbocycles. The molecule has 0 spiro atoms. The molecule has 0 aliphatic carbocycles. The minimum absolute atomic E-state index is 0.0106. The molecule has 0 heterocycles. The third-order valence-electron chi connectivity index (χ3n) is 8.86. The zero-order valence-electron chi connectivity index (χ0n) is 32.7. The van der Waals surface area contributed by atoms with Gasteiger partial charge in [-0.2, -0.15) is 0 Å². The number of benzene rings is 7. The van der Waals surface area contributed by atoms with E-state index in [2.05, 4.69) is 0 Å². The second-order valence-electron chi connectivity index (χ2n) is 13.0. The molecule has 0 saturated carbocycles. The molecular weight excluding hydrogens is 717 g/mol. The van der Waals surface area contributed by atoms with E-state index < -0.39 is 0 Å². The minimum Gasteiger partial charge on any atom is -0.457 e. The van der Waals surface area contributed by atoms with Crippen LogP contribution in [0.4, 0.5) is 0 Å². The predicted molar refractivity (Wildman–Crippen MR) is 236 cm³/mol. The van der Waals surface area contributed by atoms with Gasteiger partial charge in [0, 0.05) is 38.9 Å². The summed E-state index contributed by atoms with van der Waals surface area (Å²) in [6, 6.07) is 54.4. The van der Waals surface area contributed by atoms with Crippen LogP contribution in [0.15, 0.2) is 194 Å². The summed E-state index contributed by atoms with van der Waals surface area (Å²) in [5.74, 6) is 4.35. The van der Waals surface area contributed by atoms with Crippen molar-refractivity contribution >= 4 is 29.8 Å². The van der Waals surface area contributed by atoms with Gasteiger partial charge in [0.15, 0.2) is 11.6 Å². The van der Waals surface area contributed by atoms with Gasteiger partial charge < -0.3 is 14.2 Å². The summed E-state index contributed by atoms with van der Waals surface area (Å²) in [4.78, 5) is 25.4. The van der Waals surface area contributed by atoms with Gasteiger partial charge in [0.1, 0.15) is 34.5 Å². The molecule has 58 heavy (non-hydrogen) atoms. The minimum atomic E-state index is -0.0540. The fourth-order valence-corrected chi connectivity index (χ4v) is 6.00. The first kappa shape index (κ1) is 40.2. The lowest BCUT2D eigenvalue weighted by Gasteiger charge is -2.10. The Hall–Kier alpha value is -7.50. The topological polar surface area (TPSA) is 61.8 Å². The number of rotatable bonds is 13. The molecule has 0 bridgehead atoms. The van der Waals surface area contributed by atoms with Crippen molar-refractivity contribution in [2.75, 3.05) is 0 Å². The van der Waals surface area contributed by atoms with E-state index in [-0.39, 0.29) is 11.6 Å². The van der Waals surface area contributed by atoms with Gasteiger partial charge in [0.05, 0.1) is 0 Å². The summed E-state index contributed by atoms with van der Waals surface area (Å²) in [5, 5.41) is 0. The molecule has 5 nitrogen and oxygen atoms in total. The summed E-state index contributed by atoms with van der Waals surface area (Å²) in [6.45, 7) is 5.91. The smallest absolute Gasteiger partial charge is 0.193 e. The average Bonchev–Trinajstić information content (AvgIpc) is 3.27. The van der Waals surface area contributed by atoms with E-state index in [9.17, 15) is 9.59 Å². The van der Waals surface area contributed by atoms with E-state index in [1.54, 1.807) is 36.4 Å². The van der Waals surface area contributed by atoms with Crippen LogP contribution < -0.4 is 14.2 Å². The van der Waals surface area contributed by atoms with Crippen molar-refractivity contribution in [1.82, 2.24) is 0 Å². The first-order valence-corrected chi connectivity index (χ1v) is 19.1. The van der Waals surface area contributed by atoms with Gasteiger partial charge in [-0.25, -0.2) is 0 Å². The number of hydrogen-bond acceptors (Lipinski definition) is 5. The van der Waals surface area contributed by atoms with Crippen molar-refractivity contribution in [3.05, 3.63) is 233 Å². The third kappa shape index (κ3) is 10.8. The highest BCUT2D eigenvalue weighted by Crippen LogP contribution is 2.30. The molecule has 0 N–H and O–H groups in total. The molecule has 0 aliphatic rings. The molecule has 0 radical (unpaired) electrons. The molecule has 0 atom stereocenters. The fraction of sp³-hybridized carbons (Fsp3) is 0.0566. The van der Waals surface area contributed by atoms with E-state index >= 15 is 0 Å². The Morgan fingerprint density at radius 1 is 0.328 bits per heavy atom. The Kier molecular flexibility index (Phi) is 14.1. The Labute approximate surface area is 340 Å². The molecule has 0 fully saturated rings. The molecular formula is C53H44O5. The lowest BCUT2D eigenvalue weighted by atomic mass is 10.0. The van der Waals surface area contributed by atoms with Crippen LogP contribution in [0.5, 0.6) is 34.5 Å². The highest BCUT2D eigenvalue weighted by atomic mass is 16.5. The van der Waals surface area contributed by atoms with E-state index in [1.807, 2.05) is 197 Å². The first-order chi connectivity index (χ1) is 28.4. The molecule has 0 unspecified atom stereocenters. The van der Waals surface area contributed by atoms with Gasteiger partial charge in [0.25, 0.3) is 0 Å². The van der Waals surface area contributed by atoms with Crippen LogP contribution >= 0.6 is 0 Å². The quantitative estimate of drug-likeness (QED) is 0.110. The third-order valence-corrected chi connectivity index (χ3v) is 8.86. The van der Waals surface area contributed by atoms with Gasteiger partial charge in [-0.3, -0.25) is 9.59 Å². The predicted octanol–water partition coefficient (Wildman–Crippen LogP) is 14.3. The first-order valence-electron chi connectivity index (χ1n) is 19.1. The SMILES string of the molecule is CC=Cc1ccccc1Oc1ccc(C(=O)c2ccc(Oc3ccccc3C=CC)cc2)cc1.CC=Cc1ccccc1Oc1ccc(C(=O)c2ccccc2)cc1. The highest BCUT2D eigenvalue weighted by Gasteiger charge is 2.12. The van der Waals surface area contributed by atoms with Gasteiger partial charge in [0.2, 0.25) is 0 Å². The lowest BCUT2D eigenvalue weighted by molar-refractivity contribution is 0.103. The maximum atomic E-state index is 13.0. The van der Waals surface area contributed by atoms with Crippen LogP contribution in [0.1, 0.15) is 69.3 Å². The number of ether oxygens (including phenoxy) is 3. The van der Waals surface area contributed by atoms with E-state index in [1.165, 1.54) is 0 Å². The Morgan fingerprint density at radius 3 is 0.879 bits per heavy atom. The normalized spacial score (nSPS) is 10.9. The average molecular weight is 761 g/mol. The Bertz CT molecular complexity index is 2410. The number of hydrogen-bond donors (Lipinski definition) is 0. The lowest BCUT2D eigenvalue weighted by Crippen LogP contribution is -2.01. The standard InChI is InChI=1S/C31H26O3.C22H18O2/c1-3-9-23-11-5-7-13-29(23)33-27-19-15-25(16-20-27)31(32)26-17-21-28(22-18-26)34-30-14-8-6-12-24(30)10-4-2;1-2-8-17-9-6-7-12-21(17)24-20-15-13-19(14-16-20)22(23)18-10-4-3-5-11-18/h3-22H,1-2H3;2-16H,1H3. The zero-order chi connectivity index (χ0) is 40.5. The van der Waals surface area contributed by atoms with E-state index in [0.29, 0.717) is 39.5 Å². The summed E-state index contributed by atoms with van der Waals surface area (Å²) < 4.78 is 18.0. The van der Waals surface area contributed by atoms with Crippen molar-refractivity contribution in [2.45, 2.75) is 20.8 Å². The van der Waals surface area contributed by atoms with E-state index in [0.717, 1.165) is 33.9 Å². The van der Waals surface area contributed by atoms with Crippen LogP contribution in [0.25, 0.3) is 18.2 Å². The molecule has 0 aromatic heterocycles. The molecule has 0 amide bonds. The summed E-state index contributed by atoms with van der Waals surface area (Å²) in [5.41, 5.74) is 5.55. The van der Waals surface area contributed by atoms with Crippen molar-refractivity contribution in [1.29, 1.82) is 0 Å². The number of ketones is 2. The largest absolute Gasteiger partial charge is 0.457 e. The van der Waals surface area contributed by atoms with E-state index in [4.69, 9.17) is 14.2 Å². The number of carbonyl (C=O) groups is 2. The highest BCUT2D eigenvalue weighted by molar-refractivity contribution is 6.09. The van der Waals surface area contributed by atoms with Crippen LogP contribution in [-0.4, -0.2) is 11.6 Å². The second-order valence-corrected chi connectivity index (χ2v) is 13.0. The van der Waals surface area contributed by atoms with Crippen LogP contribution in [0.2, 0.25) is 0 Å². The monoisotopic (exact) mass is 760 g/mol. The molecule has 0 aliphatic heterocycles. The van der Waals surface area contributed by atoms with Crippen LogP contribution in [-0.2, 0) is 0 Å². The van der Waals surface area contributed by atoms with Crippen molar-refractivity contribution in [2.24, 2.45) is 0 Å². The molecule has 5 heteroatoms. The zero-order valence-corrected chi connectivity index (χ0v) is 32.7. The molecule has 286 valence electrons.